The SMILES string of the molecule is Cc1nc2ccccn2c1/C(O)=C1\C(=O)C(=O)N(CCCN2CCOCC2)[C@@H]1c1cccc(Cl)c1. The van der Waals surface area contributed by atoms with E-state index in [9.17, 15) is 14.7 Å². The van der Waals surface area contributed by atoms with Crippen LogP contribution in [0.15, 0.2) is 54.2 Å². The summed E-state index contributed by atoms with van der Waals surface area (Å²) in [7, 11) is 0. The zero-order valence-corrected chi connectivity index (χ0v) is 20.2. The lowest BCUT2D eigenvalue weighted by Gasteiger charge is -2.29. The molecule has 35 heavy (non-hydrogen) atoms. The van der Waals surface area contributed by atoms with Gasteiger partial charge in [0.2, 0.25) is 0 Å². The Balaban J connectivity index is 1.55. The number of benzene rings is 1. The van der Waals surface area contributed by atoms with E-state index in [0.29, 0.717) is 53.8 Å². The maximum atomic E-state index is 13.3. The minimum atomic E-state index is -0.743. The van der Waals surface area contributed by atoms with Crippen molar-refractivity contribution in [3.8, 4) is 0 Å². The standard InChI is InChI=1S/C26H27ClN4O4/c1-17-22(30-10-3-2-8-20(30)28-17)24(32)21-23(18-6-4-7-19(27)16-18)31(26(34)25(21)33)11-5-9-29-12-14-35-15-13-29/h2-4,6-8,10,16,23,32H,5,9,11-15H2,1H3/b24-21+/t23-/m1/s1. The van der Waals surface area contributed by atoms with Crippen molar-refractivity contribution < 1.29 is 19.4 Å². The number of halogens is 1. The van der Waals surface area contributed by atoms with Gasteiger partial charge in [-0.2, -0.15) is 0 Å². The molecule has 0 spiro atoms. The number of rotatable bonds is 6. The number of hydrogen-bond acceptors (Lipinski definition) is 6. The molecule has 0 aliphatic carbocycles. The van der Waals surface area contributed by atoms with Crippen LogP contribution >= 0.6 is 11.6 Å². The van der Waals surface area contributed by atoms with Gasteiger partial charge in [-0.15, -0.1) is 0 Å². The first-order valence-corrected chi connectivity index (χ1v) is 12.1. The molecule has 0 saturated carbocycles. The van der Waals surface area contributed by atoms with Crippen molar-refractivity contribution in [3.63, 3.8) is 0 Å². The van der Waals surface area contributed by atoms with Gasteiger partial charge in [0.05, 0.1) is 30.5 Å². The number of ether oxygens (including phenoxy) is 1. The molecule has 1 atom stereocenters. The van der Waals surface area contributed by atoms with Crippen LogP contribution in [-0.2, 0) is 14.3 Å². The predicted molar refractivity (Wildman–Crippen MR) is 132 cm³/mol. The monoisotopic (exact) mass is 494 g/mol. The summed E-state index contributed by atoms with van der Waals surface area (Å²) in [5.74, 6) is -1.56. The van der Waals surface area contributed by atoms with Crippen LogP contribution in [-0.4, -0.2) is 75.4 Å². The van der Waals surface area contributed by atoms with E-state index in [2.05, 4.69) is 9.88 Å². The second kappa shape index (κ2) is 9.81. The molecular weight excluding hydrogens is 468 g/mol. The normalized spacial score (nSPS) is 20.7. The molecule has 1 aromatic carbocycles. The third kappa shape index (κ3) is 4.45. The number of pyridine rings is 1. The summed E-state index contributed by atoms with van der Waals surface area (Å²) >= 11 is 6.28. The molecule has 1 N–H and O–H groups in total. The highest BCUT2D eigenvalue weighted by Gasteiger charge is 2.46. The predicted octanol–water partition coefficient (Wildman–Crippen LogP) is 3.44. The Morgan fingerprint density at radius 2 is 1.94 bits per heavy atom. The van der Waals surface area contributed by atoms with E-state index >= 15 is 0 Å². The van der Waals surface area contributed by atoms with E-state index < -0.39 is 17.7 Å². The molecule has 2 saturated heterocycles. The van der Waals surface area contributed by atoms with E-state index in [4.69, 9.17) is 16.3 Å². The van der Waals surface area contributed by atoms with Gasteiger partial charge in [0.25, 0.3) is 11.7 Å². The van der Waals surface area contributed by atoms with Crippen LogP contribution in [0.2, 0.25) is 5.02 Å². The zero-order chi connectivity index (χ0) is 24.5. The number of aryl methyl sites for hydroxylation is 1. The Labute approximate surface area is 208 Å². The Bertz CT molecular complexity index is 1310. The van der Waals surface area contributed by atoms with Crippen molar-refractivity contribution in [2.75, 3.05) is 39.4 Å². The minimum absolute atomic E-state index is 0.0531. The molecule has 8 nitrogen and oxygen atoms in total. The maximum absolute atomic E-state index is 13.3. The lowest BCUT2D eigenvalue weighted by Crippen LogP contribution is -2.38. The number of amides is 1. The van der Waals surface area contributed by atoms with E-state index in [1.54, 1.807) is 40.6 Å². The summed E-state index contributed by atoms with van der Waals surface area (Å²) in [6.45, 7) is 6.05. The third-order valence-corrected chi connectivity index (χ3v) is 6.85. The van der Waals surface area contributed by atoms with Gasteiger partial charge in [-0.1, -0.05) is 29.8 Å². The molecule has 2 aliphatic heterocycles. The molecular formula is C26H27ClN4O4. The van der Waals surface area contributed by atoms with Crippen LogP contribution in [0.5, 0.6) is 0 Å². The number of carbonyl (C=O) groups excluding carboxylic acids is 2. The van der Waals surface area contributed by atoms with Gasteiger partial charge in [0, 0.05) is 37.4 Å². The number of morpholine rings is 1. The van der Waals surface area contributed by atoms with Crippen molar-refractivity contribution in [3.05, 3.63) is 76.2 Å². The lowest BCUT2D eigenvalue weighted by atomic mass is 9.96. The number of hydrogen-bond donors (Lipinski definition) is 1. The van der Waals surface area contributed by atoms with E-state index in [-0.39, 0.29) is 11.3 Å². The number of Topliss-reactive ketones (excluding diaryl/α,β-unsaturated/α-hetero) is 1. The third-order valence-electron chi connectivity index (χ3n) is 6.61. The summed E-state index contributed by atoms with van der Waals surface area (Å²) in [6.07, 6.45) is 2.47. The minimum Gasteiger partial charge on any atom is -0.505 e. The van der Waals surface area contributed by atoms with Gasteiger partial charge in [0.1, 0.15) is 11.3 Å². The molecule has 5 rings (SSSR count). The largest absolute Gasteiger partial charge is 0.505 e. The van der Waals surface area contributed by atoms with Crippen LogP contribution in [0.1, 0.15) is 29.4 Å². The highest BCUT2D eigenvalue weighted by atomic mass is 35.5. The number of aliphatic hydroxyl groups excluding tert-OH is 1. The lowest BCUT2D eigenvalue weighted by molar-refractivity contribution is -0.140. The maximum Gasteiger partial charge on any atom is 0.295 e. The summed E-state index contributed by atoms with van der Waals surface area (Å²) in [5, 5.41) is 12.0. The summed E-state index contributed by atoms with van der Waals surface area (Å²) in [5.41, 5.74) is 2.34. The second-order valence-corrected chi connectivity index (χ2v) is 9.27. The summed E-state index contributed by atoms with van der Waals surface area (Å²) in [4.78, 5) is 34.9. The number of carbonyl (C=O) groups is 2. The van der Waals surface area contributed by atoms with Crippen molar-refractivity contribution >= 4 is 34.7 Å². The van der Waals surface area contributed by atoms with E-state index in [1.165, 1.54) is 0 Å². The molecule has 0 bridgehead atoms. The molecule has 1 amide bonds. The van der Waals surface area contributed by atoms with Gasteiger partial charge < -0.3 is 14.7 Å². The Morgan fingerprint density at radius 1 is 1.14 bits per heavy atom. The first-order chi connectivity index (χ1) is 17.0. The Morgan fingerprint density at radius 3 is 2.71 bits per heavy atom. The first kappa shape index (κ1) is 23.5. The fraction of sp³-hybridized carbons (Fsp3) is 0.346. The van der Waals surface area contributed by atoms with E-state index in [0.717, 1.165) is 19.6 Å². The van der Waals surface area contributed by atoms with Crippen molar-refractivity contribution in [2.24, 2.45) is 0 Å². The molecule has 2 fully saturated rings. The number of nitrogens with zero attached hydrogens (tertiary/aromatic N) is 4. The fourth-order valence-electron chi connectivity index (χ4n) is 4.95. The number of aliphatic hydroxyl groups is 1. The molecule has 2 aromatic heterocycles. The van der Waals surface area contributed by atoms with Crippen LogP contribution in [0.3, 0.4) is 0 Å². The van der Waals surface area contributed by atoms with Crippen LogP contribution in [0, 0.1) is 6.92 Å². The molecule has 4 heterocycles. The topological polar surface area (TPSA) is 87.4 Å². The molecule has 182 valence electrons. The van der Waals surface area contributed by atoms with Gasteiger partial charge in [-0.25, -0.2) is 4.98 Å². The van der Waals surface area contributed by atoms with Crippen molar-refractivity contribution in [2.45, 2.75) is 19.4 Å². The number of likely N-dealkylation sites (tertiary alicyclic amines) is 1. The van der Waals surface area contributed by atoms with Gasteiger partial charge in [0.15, 0.2) is 5.76 Å². The second-order valence-electron chi connectivity index (χ2n) is 8.83. The van der Waals surface area contributed by atoms with Crippen molar-refractivity contribution in [1.82, 2.24) is 19.2 Å². The average Bonchev–Trinajstić information content (AvgIpc) is 3.32. The molecule has 3 aromatic rings. The molecule has 0 radical (unpaired) electrons. The van der Waals surface area contributed by atoms with Gasteiger partial charge in [-0.05, 0) is 43.2 Å². The van der Waals surface area contributed by atoms with Crippen LogP contribution in [0.25, 0.3) is 11.4 Å². The summed E-state index contributed by atoms with van der Waals surface area (Å²) < 4.78 is 7.14. The number of fused-ring (bicyclic) bond motifs is 1. The fourth-order valence-corrected chi connectivity index (χ4v) is 5.15. The Hall–Kier alpha value is -3.20. The smallest absolute Gasteiger partial charge is 0.295 e. The first-order valence-electron chi connectivity index (χ1n) is 11.7. The zero-order valence-electron chi connectivity index (χ0n) is 19.5. The molecule has 9 heteroatoms. The Kier molecular flexibility index (Phi) is 6.60. The van der Waals surface area contributed by atoms with Crippen LogP contribution < -0.4 is 0 Å². The van der Waals surface area contributed by atoms with Gasteiger partial charge in [-0.3, -0.25) is 18.9 Å². The summed E-state index contributed by atoms with van der Waals surface area (Å²) in [6, 6.07) is 11.8. The number of aromatic nitrogens is 2. The van der Waals surface area contributed by atoms with Gasteiger partial charge >= 0.3 is 0 Å². The highest BCUT2D eigenvalue weighted by Crippen LogP contribution is 2.40. The van der Waals surface area contributed by atoms with Crippen molar-refractivity contribution in [1.29, 1.82) is 0 Å². The van der Waals surface area contributed by atoms with Crippen LogP contribution in [0.4, 0.5) is 0 Å². The van der Waals surface area contributed by atoms with E-state index in [1.807, 2.05) is 24.3 Å². The average molecular weight is 495 g/mol. The highest BCUT2D eigenvalue weighted by molar-refractivity contribution is 6.46. The molecule has 2 aliphatic rings. The quantitative estimate of drug-likeness (QED) is 0.321. The molecule has 0 unspecified atom stereocenters. The number of imidazole rings is 1. The number of ketones is 1.